The quantitative estimate of drug-likeness (QED) is 0.435. The van der Waals surface area contributed by atoms with Gasteiger partial charge in [-0.05, 0) is 39.0 Å². The second-order valence-corrected chi connectivity index (χ2v) is 8.14. The third kappa shape index (κ3) is 4.33. The van der Waals surface area contributed by atoms with Crippen molar-refractivity contribution in [2.45, 2.75) is 31.7 Å². The minimum absolute atomic E-state index is 0.113. The Bertz CT molecular complexity index is 949. The molecule has 0 fully saturated rings. The van der Waals surface area contributed by atoms with Crippen LogP contribution in [0.1, 0.15) is 28.7 Å². The highest BCUT2D eigenvalue weighted by Gasteiger charge is 2.16. The van der Waals surface area contributed by atoms with E-state index in [9.17, 15) is 4.79 Å². The number of carbonyl (C=O) groups is 1. The maximum atomic E-state index is 12.6. The smallest absolute Gasteiger partial charge is 0.210 e. The lowest BCUT2D eigenvalue weighted by Gasteiger charge is -2.07. The number of hydrogen-bond donors (Lipinski definition) is 1. The number of aromatic nitrogens is 3. The predicted molar refractivity (Wildman–Crippen MR) is 111 cm³/mol. The first-order chi connectivity index (χ1) is 13.0. The van der Waals surface area contributed by atoms with Crippen LogP contribution >= 0.6 is 23.1 Å². The molecule has 0 unspecified atom stereocenters. The highest BCUT2D eigenvalue weighted by atomic mass is 32.2. The van der Waals surface area contributed by atoms with E-state index in [0.29, 0.717) is 10.9 Å². The number of thioether (sulfide) groups is 1. The molecule has 0 radical (unpaired) electrons. The van der Waals surface area contributed by atoms with Crippen LogP contribution in [-0.2, 0) is 6.54 Å². The van der Waals surface area contributed by atoms with Gasteiger partial charge < -0.3 is 14.6 Å². The Hall–Kier alpha value is -2.32. The molecule has 0 spiro atoms. The van der Waals surface area contributed by atoms with Crippen LogP contribution < -0.4 is 10.1 Å². The van der Waals surface area contributed by atoms with Crippen LogP contribution in [0.5, 0.6) is 5.75 Å². The number of rotatable bonds is 8. The molecule has 142 valence electrons. The first kappa shape index (κ1) is 19.4. The molecule has 0 saturated carbocycles. The minimum atomic E-state index is 0.113. The monoisotopic (exact) mass is 402 g/mol. The zero-order valence-electron chi connectivity index (χ0n) is 15.8. The highest BCUT2D eigenvalue weighted by molar-refractivity contribution is 8.01. The lowest BCUT2D eigenvalue weighted by atomic mass is 10.2. The summed E-state index contributed by atoms with van der Waals surface area (Å²) >= 11 is 2.83. The number of nitrogens with zero attached hydrogens (tertiary/aromatic N) is 3. The number of para-hydroxylation sites is 2. The first-order valence-electron chi connectivity index (χ1n) is 8.59. The maximum absolute atomic E-state index is 12.6. The van der Waals surface area contributed by atoms with Crippen molar-refractivity contribution in [1.82, 2.24) is 14.8 Å². The van der Waals surface area contributed by atoms with Crippen LogP contribution in [0.3, 0.4) is 0 Å². The Morgan fingerprint density at radius 3 is 2.78 bits per heavy atom. The second kappa shape index (κ2) is 8.58. The fourth-order valence-electron chi connectivity index (χ4n) is 2.96. The number of benzene rings is 1. The number of nitrogens with one attached hydrogen (secondary N) is 1. The molecule has 0 aliphatic carbocycles. The molecule has 2 aromatic heterocycles. The van der Waals surface area contributed by atoms with Gasteiger partial charge >= 0.3 is 0 Å². The first-order valence-corrected chi connectivity index (χ1v) is 10.4. The van der Waals surface area contributed by atoms with Crippen molar-refractivity contribution in [3.63, 3.8) is 0 Å². The molecule has 0 atom stereocenters. The number of aryl methyl sites for hydroxylation is 1. The summed E-state index contributed by atoms with van der Waals surface area (Å²) < 4.78 is 8.23. The van der Waals surface area contributed by atoms with Gasteiger partial charge in [0, 0.05) is 23.5 Å². The third-order valence-corrected chi connectivity index (χ3v) is 6.24. The van der Waals surface area contributed by atoms with E-state index in [2.05, 4.69) is 27.0 Å². The van der Waals surface area contributed by atoms with E-state index in [1.54, 1.807) is 7.11 Å². The van der Waals surface area contributed by atoms with Crippen molar-refractivity contribution in [1.29, 1.82) is 0 Å². The van der Waals surface area contributed by atoms with Gasteiger partial charge in [-0.1, -0.05) is 35.2 Å². The van der Waals surface area contributed by atoms with Crippen LogP contribution in [-0.4, -0.2) is 33.4 Å². The van der Waals surface area contributed by atoms with Gasteiger partial charge in [-0.2, -0.15) is 0 Å². The van der Waals surface area contributed by atoms with Crippen LogP contribution in [0.4, 0.5) is 10.8 Å². The molecule has 3 aromatic rings. The van der Waals surface area contributed by atoms with E-state index in [1.165, 1.54) is 23.1 Å². The predicted octanol–water partition coefficient (Wildman–Crippen LogP) is 4.70. The molecule has 0 saturated heterocycles. The summed E-state index contributed by atoms with van der Waals surface area (Å²) in [5.74, 6) is 1.20. The molecule has 0 amide bonds. The Morgan fingerprint density at radius 1 is 1.30 bits per heavy atom. The molecule has 0 bridgehead atoms. The number of carbonyl (C=O) groups excluding carboxylic acids is 1. The normalized spacial score (nSPS) is 10.8. The van der Waals surface area contributed by atoms with Crippen molar-refractivity contribution in [3.05, 3.63) is 47.3 Å². The van der Waals surface area contributed by atoms with E-state index in [-0.39, 0.29) is 5.78 Å². The molecule has 0 aliphatic rings. The number of Topliss-reactive ketones (excluding diaryl/α,β-unsaturated/α-hetero) is 1. The van der Waals surface area contributed by atoms with Gasteiger partial charge in [0.05, 0.1) is 18.6 Å². The lowest BCUT2D eigenvalue weighted by molar-refractivity contribution is 0.102. The average molecular weight is 403 g/mol. The Balaban J connectivity index is 1.64. The number of ketones is 1. The summed E-state index contributed by atoms with van der Waals surface area (Å²) in [6, 6.07) is 9.60. The summed E-state index contributed by atoms with van der Waals surface area (Å²) in [5.41, 5.74) is 3.76. The SMILES string of the molecule is CCn1c(C)cc(C(=O)CSc2nnc(Nc3ccccc3OC)s2)c1C. The lowest BCUT2D eigenvalue weighted by Crippen LogP contribution is -2.05. The van der Waals surface area contributed by atoms with E-state index >= 15 is 0 Å². The Labute approximate surface area is 167 Å². The van der Waals surface area contributed by atoms with E-state index in [4.69, 9.17) is 4.74 Å². The van der Waals surface area contributed by atoms with Crippen LogP contribution in [0, 0.1) is 13.8 Å². The number of hydrogen-bond acceptors (Lipinski definition) is 7. The van der Waals surface area contributed by atoms with Gasteiger partial charge in [0.25, 0.3) is 0 Å². The largest absolute Gasteiger partial charge is 0.495 e. The van der Waals surface area contributed by atoms with Crippen molar-refractivity contribution < 1.29 is 9.53 Å². The zero-order valence-corrected chi connectivity index (χ0v) is 17.4. The van der Waals surface area contributed by atoms with Crippen molar-refractivity contribution in [2.75, 3.05) is 18.2 Å². The fraction of sp³-hybridized carbons (Fsp3) is 0.316. The molecule has 2 heterocycles. The number of ether oxygens (including phenoxy) is 1. The summed E-state index contributed by atoms with van der Waals surface area (Å²) in [7, 11) is 1.63. The fourth-order valence-corrected chi connectivity index (χ4v) is 4.60. The highest BCUT2D eigenvalue weighted by Crippen LogP contribution is 2.31. The van der Waals surface area contributed by atoms with Gasteiger partial charge in [0.2, 0.25) is 5.13 Å². The molecule has 1 aromatic carbocycles. The van der Waals surface area contributed by atoms with Gasteiger partial charge in [-0.3, -0.25) is 4.79 Å². The summed E-state index contributed by atoms with van der Waals surface area (Å²) in [5, 5.41) is 12.2. The second-order valence-electron chi connectivity index (χ2n) is 5.94. The average Bonchev–Trinajstić information content (AvgIpc) is 3.23. The molecule has 6 nitrogen and oxygen atoms in total. The van der Waals surface area contributed by atoms with Crippen LogP contribution in [0.2, 0.25) is 0 Å². The van der Waals surface area contributed by atoms with Gasteiger partial charge in [0.1, 0.15) is 5.75 Å². The molecule has 1 N–H and O–H groups in total. The van der Waals surface area contributed by atoms with E-state index in [1.807, 2.05) is 44.2 Å². The topological polar surface area (TPSA) is 69.0 Å². The van der Waals surface area contributed by atoms with Gasteiger partial charge in [-0.25, -0.2) is 0 Å². The van der Waals surface area contributed by atoms with Crippen molar-refractivity contribution in [2.24, 2.45) is 0 Å². The number of methoxy groups -OCH3 is 1. The van der Waals surface area contributed by atoms with Crippen LogP contribution in [0.15, 0.2) is 34.7 Å². The van der Waals surface area contributed by atoms with Gasteiger partial charge in [-0.15, -0.1) is 10.2 Å². The van der Waals surface area contributed by atoms with Gasteiger partial charge in [0.15, 0.2) is 10.1 Å². The Kier molecular flexibility index (Phi) is 6.18. The molecular weight excluding hydrogens is 380 g/mol. The zero-order chi connectivity index (χ0) is 19.4. The van der Waals surface area contributed by atoms with Crippen LogP contribution in [0.25, 0.3) is 0 Å². The van der Waals surface area contributed by atoms with E-state index in [0.717, 1.165) is 39.3 Å². The maximum Gasteiger partial charge on any atom is 0.210 e. The molecule has 3 rings (SSSR count). The minimum Gasteiger partial charge on any atom is -0.495 e. The van der Waals surface area contributed by atoms with Crippen molar-refractivity contribution in [3.8, 4) is 5.75 Å². The summed E-state index contributed by atoms with van der Waals surface area (Å²) in [4.78, 5) is 12.6. The number of anilines is 2. The van der Waals surface area contributed by atoms with Crippen molar-refractivity contribution >= 4 is 39.7 Å². The van der Waals surface area contributed by atoms with E-state index < -0.39 is 0 Å². The standard InChI is InChI=1S/C19H22N4O2S2/c1-5-23-12(2)10-14(13(23)3)16(24)11-26-19-22-21-18(27-19)20-15-8-6-7-9-17(15)25-4/h6-10H,5,11H2,1-4H3,(H,20,21). The third-order valence-electron chi connectivity index (χ3n) is 4.27. The molecular formula is C19H22N4O2S2. The summed E-state index contributed by atoms with van der Waals surface area (Å²) in [6.07, 6.45) is 0. The molecule has 8 heteroatoms. The Morgan fingerprint density at radius 2 is 2.07 bits per heavy atom. The summed E-state index contributed by atoms with van der Waals surface area (Å²) in [6.45, 7) is 6.97. The molecule has 27 heavy (non-hydrogen) atoms. The molecule has 0 aliphatic heterocycles.